The number of hydrogen-bond acceptors (Lipinski definition) is 2. The molecule has 2 aromatic carbocycles. The van der Waals surface area contributed by atoms with Gasteiger partial charge in [-0.25, -0.2) is 4.98 Å². The van der Waals surface area contributed by atoms with Crippen LogP contribution in [0.25, 0.3) is 5.69 Å². The molecule has 2 heterocycles. The van der Waals surface area contributed by atoms with Gasteiger partial charge < -0.3 is 0 Å². The summed E-state index contributed by atoms with van der Waals surface area (Å²) < 4.78 is 2.20. The minimum absolute atomic E-state index is 0.0204. The minimum Gasteiger partial charge on any atom is -0.298 e. The molecule has 0 spiro atoms. The number of imidazole rings is 1. The number of aliphatic imine (C=N–C) groups is 1. The molecular weight excluding hydrogens is 318 g/mol. The van der Waals surface area contributed by atoms with E-state index >= 15 is 0 Å². The summed E-state index contributed by atoms with van der Waals surface area (Å²) in [6, 6.07) is 14.3. The number of benzene rings is 2. The summed E-state index contributed by atoms with van der Waals surface area (Å²) in [4.78, 5) is 9.54. The third-order valence-corrected chi connectivity index (χ3v) is 5.03. The van der Waals surface area contributed by atoms with Crippen LogP contribution in [0.3, 0.4) is 0 Å². The van der Waals surface area contributed by atoms with E-state index in [0.717, 1.165) is 44.6 Å². The van der Waals surface area contributed by atoms with E-state index in [4.69, 9.17) is 16.6 Å². The zero-order chi connectivity index (χ0) is 16.8. The van der Waals surface area contributed by atoms with Crippen LogP contribution >= 0.6 is 11.6 Å². The van der Waals surface area contributed by atoms with Crippen LogP contribution in [0.4, 0.5) is 0 Å². The van der Waals surface area contributed by atoms with Crippen LogP contribution < -0.4 is 0 Å². The van der Waals surface area contributed by atoms with Crippen LogP contribution in [0.2, 0.25) is 5.02 Å². The van der Waals surface area contributed by atoms with Gasteiger partial charge in [0.25, 0.3) is 0 Å². The third kappa shape index (κ3) is 2.20. The first-order valence-electron chi connectivity index (χ1n) is 8.05. The second-order valence-electron chi connectivity index (χ2n) is 6.15. The van der Waals surface area contributed by atoms with E-state index in [1.807, 2.05) is 37.4 Å². The zero-order valence-electron chi connectivity index (χ0n) is 13.9. The summed E-state index contributed by atoms with van der Waals surface area (Å²) >= 11 is 6.45. The Morgan fingerprint density at radius 3 is 2.54 bits per heavy atom. The van der Waals surface area contributed by atoms with Crippen molar-refractivity contribution in [3.8, 4) is 5.69 Å². The fraction of sp³-hybridized carbons (Fsp3) is 0.200. The molecule has 4 rings (SSSR count). The molecule has 0 radical (unpaired) electrons. The molecule has 0 amide bonds. The molecule has 1 aliphatic rings. The molecule has 0 saturated carbocycles. The average molecular weight is 336 g/mol. The Labute approximate surface area is 146 Å². The van der Waals surface area contributed by atoms with Crippen LogP contribution in [-0.4, -0.2) is 15.3 Å². The van der Waals surface area contributed by atoms with Crippen LogP contribution in [0.1, 0.15) is 41.2 Å². The number of rotatable bonds is 1. The molecule has 1 unspecified atom stereocenters. The van der Waals surface area contributed by atoms with Crippen molar-refractivity contribution in [1.82, 2.24) is 9.55 Å². The molecule has 0 N–H and O–H groups in total. The van der Waals surface area contributed by atoms with Gasteiger partial charge >= 0.3 is 0 Å². The second-order valence-corrected chi connectivity index (χ2v) is 6.56. The van der Waals surface area contributed by atoms with Crippen molar-refractivity contribution in [1.29, 1.82) is 0 Å². The van der Waals surface area contributed by atoms with Gasteiger partial charge in [-0.2, -0.15) is 0 Å². The van der Waals surface area contributed by atoms with Crippen molar-refractivity contribution in [2.24, 2.45) is 4.99 Å². The lowest BCUT2D eigenvalue weighted by molar-refractivity contribution is 0.755. The van der Waals surface area contributed by atoms with Gasteiger partial charge in [0.2, 0.25) is 0 Å². The van der Waals surface area contributed by atoms with Gasteiger partial charge in [0.15, 0.2) is 0 Å². The highest BCUT2D eigenvalue weighted by Gasteiger charge is 2.26. The maximum Gasteiger partial charge on any atom is 0.110 e. The molecule has 1 atom stereocenters. The van der Waals surface area contributed by atoms with E-state index in [1.165, 1.54) is 0 Å². The van der Waals surface area contributed by atoms with E-state index in [-0.39, 0.29) is 6.04 Å². The Hall–Kier alpha value is -2.39. The fourth-order valence-corrected chi connectivity index (χ4v) is 3.52. The highest BCUT2D eigenvalue weighted by Crippen LogP contribution is 2.35. The molecule has 0 saturated heterocycles. The lowest BCUT2D eigenvalue weighted by Gasteiger charge is -2.16. The second kappa shape index (κ2) is 5.60. The molecule has 0 bridgehead atoms. The van der Waals surface area contributed by atoms with Gasteiger partial charge in [-0.1, -0.05) is 41.9 Å². The first kappa shape index (κ1) is 15.2. The fourth-order valence-electron chi connectivity index (χ4n) is 3.37. The van der Waals surface area contributed by atoms with E-state index in [2.05, 4.69) is 41.6 Å². The van der Waals surface area contributed by atoms with Crippen molar-refractivity contribution < 1.29 is 0 Å². The van der Waals surface area contributed by atoms with Crippen molar-refractivity contribution in [2.75, 3.05) is 0 Å². The van der Waals surface area contributed by atoms with Crippen molar-refractivity contribution in [2.45, 2.75) is 26.8 Å². The highest BCUT2D eigenvalue weighted by atomic mass is 35.5. The smallest absolute Gasteiger partial charge is 0.110 e. The van der Waals surface area contributed by atoms with Crippen molar-refractivity contribution in [3.63, 3.8) is 0 Å². The first-order valence-corrected chi connectivity index (χ1v) is 8.43. The summed E-state index contributed by atoms with van der Waals surface area (Å²) in [6.45, 7) is 6.19. The SMILES string of the molecule is Cc1c(Cl)ccc2c1C(c1ccccc1)=NC(C)c1cnc(C)n1-2. The van der Waals surface area contributed by atoms with Gasteiger partial charge in [-0.05, 0) is 38.5 Å². The Balaban J connectivity index is 2.11. The van der Waals surface area contributed by atoms with Gasteiger partial charge in [0, 0.05) is 16.1 Å². The summed E-state index contributed by atoms with van der Waals surface area (Å²) in [6.07, 6.45) is 1.92. The Bertz CT molecular complexity index is 955. The van der Waals surface area contributed by atoms with Gasteiger partial charge in [-0.15, -0.1) is 0 Å². The number of nitrogens with zero attached hydrogens (tertiary/aromatic N) is 3. The van der Waals surface area contributed by atoms with E-state index in [0.29, 0.717) is 0 Å². The average Bonchev–Trinajstić information content (AvgIpc) is 2.91. The molecular formula is C20H18ClN3. The normalized spacial score (nSPS) is 16.2. The summed E-state index contributed by atoms with van der Waals surface area (Å²) in [7, 11) is 0. The van der Waals surface area contributed by atoms with Gasteiger partial charge in [0.1, 0.15) is 5.82 Å². The Kier molecular flexibility index (Phi) is 3.54. The number of hydrogen-bond donors (Lipinski definition) is 0. The van der Waals surface area contributed by atoms with Crippen LogP contribution in [-0.2, 0) is 0 Å². The molecule has 1 aliphatic heterocycles. The summed E-state index contributed by atoms with van der Waals surface area (Å²) in [5.41, 5.74) is 6.41. The van der Waals surface area contributed by atoms with Crippen molar-refractivity contribution in [3.05, 3.63) is 81.9 Å². The zero-order valence-corrected chi connectivity index (χ0v) is 14.7. The monoisotopic (exact) mass is 335 g/mol. The molecule has 0 aliphatic carbocycles. The predicted octanol–water partition coefficient (Wildman–Crippen LogP) is 5.05. The third-order valence-electron chi connectivity index (χ3n) is 4.62. The molecule has 120 valence electrons. The number of fused-ring (bicyclic) bond motifs is 3. The van der Waals surface area contributed by atoms with E-state index < -0.39 is 0 Å². The van der Waals surface area contributed by atoms with Crippen LogP contribution in [0.15, 0.2) is 53.7 Å². The first-order chi connectivity index (χ1) is 11.6. The molecule has 3 aromatic rings. The standard InChI is InChI=1S/C20H18ClN3/c1-12-16(21)9-10-17-19(12)20(15-7-5-4-6-8-15)23-13(2)18-11-22-14(3)24(17)18/h4-11,13H,1-3H3. The van der Waals surface area contributed by atoms with E-state index in [9.17, 15) is 0 Å². The quantitative estimate of drug-likeness (QED) is 0.611. The Morgan fingerprint density at radius 1 is 1.04 bits per heavy atom. The maximum atomic E-state index is 6.45. The largest absolute Gasteiger partial charge is 0.298 e. The summed E-state index contributed by atoms with van der Waals surface area (Å²) in [5, 5.41) is 0.756. The molecule has 1 aromatic heterocycles. The number of halogens is 1. The lowest BCUT2D eigenvalue weighted by atomic mass is 9.96. The Morgan fingerprint density at radius 2 is 1.79 bits per heavy atom. The highest BCUT2D eigenvalue weighted by molar-refractivity contribution is 6.32. The summed E-state index contributed by atoms with van der Waals surface area (Å²) in [5.74, 6) is 0.962. The van der Waals surface area contributed by atoms with Crippen LogP contribution in [0.5, 0.6) is 0 Å². The number of aryl methyl sites for hydroxylation is 1. The molecule has 4 heteroatoms. The molecule has 3 nitrogen and oxygen atoms in total. The van der Waals surface area contributed by atoms with Crippen LogP contribution in [0, 0.1) is 13.8 Å². The number of aromatic nitrogens is 2. The minimum atomic E-state index is 0.0204. The lowest BCUT2D eigenvalue weighted by Crippen LogP contribution is -2.10. The maximum absolute atomic E-state index is 6.45. The predicted molar refractivity (Wildman–Crippen MR) is 98.5 cm³/mol. The molecule has 24 heavy (non-hydrogen) atoms. The van der Waals surface area contributed by atoms with E-state index in [1.54, 1.807) is 0 Å². The molecule has 0 fully saturated rings. The van der Waals surface area contributed by atoms with Gasteiger partial charge in [-0.3, -0.25) is 9.56 Å². The van der Waals surface area contributed by atoms with Crippen molar-refractivity contribution >= 4 is 17.3 Å². The topological polar surface area (TPSA) is 30.2 Å². The van der Waals surface area contributed by atoms with Gasteiger partial charge in [0.05, 0.1) is 29.3 Å².